The highest BCUT2D eigenvalue weighted by molar-refractivity contribution is 7.89. The van der Waals surface area contributed by atoms with Crippen molar-refractivity contribution in [2.45, 2.75) is 57.3 Å². The fourth-order valence-electron chi connectivity index (χ4n) is 2.57. The summed E-state index contributed by atoms with van der Waals surface area (Å²) in [6, 6.07) is 5.56. The number of nitrogens with zero attached hydrogens (tertiary/aromatic N) is 1. The topological polar surface area (TPSA) is 46.6 Å². The Labute approximate surface area is 134 Å². The zero-order valence-corrected chi connectivity index (χ0v) is 14.9. The van der Waals surface area contributed by atoms with Crippen molar-refractivity contribution in [2.24, 2.45) is 0 Å². The third-order valence-electron chi connectivity index (χ3n) is 3.95. The van der Waals surface area contributed by atoms with E-state index in [0.717, 1.165) is 24.8 Å². The largest absolute Gasteiger partial charge is 0.492 e. The van der Waals surface area contributed by atoms with Gasteiger partial charge in [-0.15, -0.1) is 0 Å². The van der Waals surface area contributed by atoms with E-state index in [1.807, 2.05) is 13.0 Å². The normalized spacial score (nSPS) is 16.9. The smallest absolute Gasteiger partial charge is 0.246 e. The maximum Gasteiger partial charge on any atom is 0.246 e. The number of ether oxygens (including phenoxy) is 1. The van der Waals surface area contributed by atoms with Gasteiger partial charge in [0.2, 0.25) is 10.0 Å². The van der Waals surface area contributed by atoms with Crippen LogP contribution in [0.1, 0.15) is 52.5 Å². The van der Waals surface area contributed by atoms with Gasteiger partial charge in [-0.2, -0.15) is 4.31 Å². The van der Waals surface area contributed by atoms with Gasteiger partial charge in [-0.25, -0.2) is 8.42 Å². The maximum absolute atomic E-state index is 12.9. The standard InChI is InChI=1S/C17H27NO3S/c1-5-12-21-15-9-8-14(17(2,3)4)13-16(15)22(19,20)18-10-6-7-11-18/h8-9,13H,5-7,10-12H2,1-4H3. The Hall–Kier alpha value is -1.07. The van der Waals surface area contributed by atoms with Crippen LogP contribution in [0.25, 0.3) is 0 Å². The SMILES string of the molecule is CCCOc1ccc(C(C)(C)C)cc1S(=O)(=O)N1CCCC1. The van der Waals surface area contributed by atoms with Crippen molar-refractivity contribution in [3.05, 3.63) is 23.8 Å². The lowest BCUT2D eigenvalue weighted by Gasteiger charge is -2.23. The molecule has 1 heterocycles. The van der Waals surface area contributed by atoms with E-state index in [9.17, 15) is 8.42 Å². The molecule has 1 aliphatic heterocycles. The molecule has 1 aliphatic rings. The van der Waals surface area contributed by atoms with Crippen molar-refractivity contribution >= 4 is 10.0 Å². The van der Waals surface area contributed by atoms with Crippen LogP contribution >= 0.6 is 0 Å². The van der Waals surface area contributed by atoms with Crippen LogP contribution in [-0.2, 0) is 15.4 Å². The lowest BCUT2D eigenvalue weighted by Crippen LogP contribution is -2.28. The van der Waals surface area contributed by atoms with E-state index in [0.29, 0.717) is 30.3 Å². The number of hydrogen-bond donors (Lipinski definition) is 0. The van der Waals surface area contributed by atoms with Crippen molar-refractivity contribution < 1.29 is 13.2 Å². The lowest BCUT2D eigenvalue weighted by molar-refractivity contribution is 0.307. The summed E-state index contributed by atoms with van der Waals surface area (Å²) in [5, 5.41) is 0. The molecule has 4 nitrogen and oxygen atoms in total. The van der Waals surface area contributed by atoms with Crippen molar-refractivity contribution in [2.75, 3.05) is 19.7 Å². The molecule has 5 heteroatoms. The van der Waals surface area contributed by atoms with Gasteiger partial charge in [0.25, 0.3) is 0 Å². The Kier molecular flexibility index (Phi) is 5.17. The second kappa shape index (κ2) is 6.59. The second-order valence-corrected chi connectivity index (χ2v) is 8.78. The summed E-state index contributed by atoms with van der Waals surface area (Å²) in [4.78, 5) is 0.315. The highest BCUT2D eigenvalue weighted by Crippen LogP contribution is 2.33. The lowest BCUT2D eigenvalue weighted by atomic mass is 9.87. The Bertz CT molecular complexity index is 611. The van der Waals surface area contributed by atoms with E-state index in [4.69, 9.17) is 4.74 Å². The van der Waals surface area contributed by atoms with Crippen LogP contribution in [0.5, 0.6) is 5.75 Å². The van der Waals surface area contributed by atoms with Crippen molar-refractivity contribution in [3.8, 4) is 5.75 Å². The van der Waals surface area contributed by atoms with Gasteiger partial charge in [0.05, 0.1) is 6.61 Å². The summed E-state index contributed by atoms with van der Waals surface area (Å²) in [6.45, 7) is 10.0. The molecule has 1 aromatic carbocycles. The minimum absolute atomic E-state index is 0.0986. The zero-order chi connectivity index (χ0) is 16.4. The molecular weight excluding hydrogens is 298 g/mol. The van der Waals surface area contributed by atoms with Crippen LogP contribution in [0, 0.1) is 0 Å². The predicted molar refractivity (Wildman–Crippen MR) is 88.9 cm³/mol. The monoisotopic (exact) mass is 325 g/mol. The molecule has 0 bridgehead atoms. The third-order valence-corrected chi connectivity index (χ3v) is 5.87. The Morgan fingerprint density at radius 1 is 1.18 bits per heavy atom. The Morgan fingerprint density at radius 2 is 1.82 bits per heavy atom. The zero-order valence-electron chi connectivity index (χ0n) is 14.1. The molecule has 0 aliphatic carbocycles. The fraction of sp³-hybridized carbons (Fsp3) is 0.647. The summed E-state index contributed by atoms with van der Waals surface area (Å²) in [6.07, 6.45) is 2.72. The van der Waals surface area contributed by atoms with Crippen LogP contribution in [-0.4, -0.2) is 32.4 Å². The molecule has 0 radical (unpaired) electrons. The van der Waals surface area contributed by atoms with E-state index in [1.54, 1.807) is 16.4 Å². The molecule has 1 saturated heterocycles. The fourth-order valence-corrected chi connectivity index (χ4v) is 4.25. The van der Waals surface area contributed by atoms with Crippen LogP contribution in [0.3, 0.4) is 0 Å². The minimum Gasteiger partial charge on any atom is -0.492 e. The maximum atomic E-state index is 12.9. The number of rotatable bonds is 5. The highest BCUT2D eigenvalue weighted by atomic mass is 32.2. The van der Waals surface area contributed by atoms with E-state index in [-0.39, 0.29) is 5.41 Å². The first-order valence-corrected chi connectivity index (χ1v) is 9.48. The van der Waals surface area contributed by atoms with Crippen LogP contribution < -0.4 is 4.74 Å². The van der Waals surface area contributed by atoms with Gasteiger partial charge in [0, 0.05) is 13.1 Å². The molecular formula is C17H27NO3S. The third kappa shape index (κ3) is 3.63. The number of hydrogen-bond acceptors (Lipinski definition) is 3. The van der Waals surface area contributed by atoms with E-state index in [1.165, 1.54) is 0 Å². The molecule has 2 rings (SSSR count). The van der Waals surface area contributed by atoms with Crippen molar-refractivity contribution in [1.82, 2.24) is 4.31 Å². The first-order valence-electron chi connectivity index (χ1n) is 8.04. The quantitative estimate of drug-likeness (QED) is 0.831. The molecule has 22 heavy (non-hydrogen) atoms. The summed E-state index contributed by atoms with van der Waals surface area (Å²) < 4.78 is 33.2. The van der Waals surface area contributed by atoms with Crippen molar-refractivity contribution in [1.29, 1.82) is 0 Å². The Morgan fingerprint density at radius 3 is 2.36 bits per heavy atom. The number of benzene rings is 1. The number of sulfonamides is 1. The molecule has 124 valence electrons. The summed E-state index contributed by atoms with van der Waals surface area (Å²) in [5.74, 6) is 0.474. The highest BCUT2D eigenvalue weighted by Gasteiger charge is 2.31. The molecule has 0 amide bonds. The van der Waals surface area contributed by atoms with Gasteiger partial charge in [-0.3, -0.25) is 0 Å². The molecule has 1 aromatic rings. The van der Waals surface area contributed by atoms with Gasteiger partial charge >= 0.3 is 0 Å². The average Bonchev–Trinajstić information content (AvgIpc) is 2.98. The predicted octanol–water partition coefficient (Wildman–Crippen LogP) is 3.56. The second-order valence-electron chi connectivity index (χ2n) is 6.87. The summed E-state index contributed by atoms with van der Waals surface area (Å²) in [7, 11) is -3.47. The van der Waals surface area contributed by atoms with Gasteiger partial charge < -0.3 is 4.74 Å². The average molecular weight is 325 g/mol. The van der Waals surface area contributed by atoms with E-state index >= 15 is 0 Å². The summed E-state index contributed by atoms with van der Waals surface area (Å²) >= 11 is 0. The van der Waals surface area contributed by atoms with E-state index < -0.39 is 10.0 Å². The Balaban J connectivity index is 2.48. The first kappa shape index (κ1) is 17.3. The van der Waals surface area contributed by atoms with Crippen LogP contribution in [0.15, 0.2) is 23.1 Å². The molecule has 0 N–H and O–H groups in total. The van der Waals surface area contributed by atoms with Gasteiger partial charge in [0.15, 0.2) is 0 Å². The molecule has 0 saturated carbocycles. The van der Waals surface area contributed by atoms with Crippen LogP contribution in [0.2, 0.25) is 0 Å². The van der Waals surface area contributed by atoms with Gasteiger partial charge in [0.1, 0.15) is 10.6 Å². The summed E-state index contributed by atoms with van der Waals surface area (Å²) in [5.41, 5.74) is 0.910. The minimum atomic E-state index is -3.47. The van der Waals surface area contributed by atoms with Crippen LogP contribution in [0.4, 0.5) is 0 Å². The molecule has 0 aromatic heterocycles. The molecule has 0 unspecified atom stereocenters. The van der Waals surface area contributed by atoms with Crippen molar-refractivity contribution in [3.63, 3.8) is 0 Å². The van der Waals surface area contributed by atoms with E-state index in [2.05, 4.69) is 20.8 Å². The van der Waals surface area contributed by atoms with Gasteiger partial charge in [-0.05, 0) is 42.4 Å². The molecule has 1 fully saturated rings. The molecule has 0 atom stereocenters. The first-order chi connectivity index (χ1) is 10.3. The van der Waals surface area contributed by atoms with Gasteiger partial charge in [-0.1, -0.05) is 33.8 Å². The molecule has 0 spiro atoms.